The Labute approximate surface area is 177 Å². The highest BCUT2D eigenvalue weighted by molar-refractivity contribution is 7.51. The maximum Gasteiger partial charge on any atom is 0.352 e. The molecule has 2 fully saturated rings. The molecule has 2 aromatic heterocycles. The van der Waals surface area contributed by atoms with Crippen LogP contribution in [-0.4, -0.2) is 73.8 Å². The maximum atomic E-state index is 11.1. The van der Waals surface area contributed by atoms with Crippen LogP contribution in [0.5, 0.6) is 0 Å². The second kappa shape index (κ2) is 8.33. The van der Waals surface area contributed by atoms with Crippen molar-refractivity contribution in [3.8, 4) is 0 Å². The molecule has 11 nitrogen and oxygen atoms in total. The first-order chi connectivity index (χ1) is 14.2. The lowest BCUT2D eigenvalue weighted by molar-refractivity contribution is -0.238. The molecule has 0 bridgehead atoms. The van der Waals surface area contributed by atoms with Crippen LogP contribution >= 0.6 is 19.2 Å². The van der Waals surface area contributed by atoms with Gasteiger partial charge in [-0.05, 0) is 37.4 Å². The van der Waals surface area contributed by atoms with Gasteiger partial charge in [-0.25, -0.2) is 4.89 Å². The zero-order valence-electron chi connectivity index (χ0n) is 16.5. The van der Waals surface area contributed by atoms with Crippen LogP contribution in [0.2, 0.25) is 5.28 Å². The molecule has 4 rings (SSSR count). The fourth-order valence-electron chi connectivity index (χ4n) is 3.96. The van der Waals surface area contributed by atoms with Gasteiger partial charge in [-0.3, -0.25) is 4.57 Å². The summed E-state index contributed by atoms with van der Waals surface area (Å²) in [6, 6.07) is 2.14. The largest absolute Gasteiger partial charge is 0.387 e. The first-order valence-electron chi connectivity index (χ1n) is 9.59. The zero-order valence-corrected chi connectivity index (χ0v) is 18.1. The molecule has 0 amide bonds. The Balaban J connectivity index is 1.60. The van der Waals surface area contributed by atoms with Crippen molar-refractivity contribution < 1.29 is 34.0 Å². The topological polar surface area (TPSA) is 139 Å². The Morgan fingerprint density at radius 2 is 2.13 bits per heavy atom. The van der Waals surface area contributed by atoms with Crippen LogP contribution in [0.15, 0.2) is 12.3 Å². The lowest BCUT2D eigenvalue weighted by Gasteiger charge is -2.23. The molecule has 2 aliphatic heterocycles. The molecule has 6 atom stereocenters. The molecule has 0 aromatic carbocycles. The van der Waals surface area contributed by atoms with Crippen LogP contribution < -0.4 is 4.90 Å². The van der Waals surface area contributed by atoms with E-state index in [1.165, 1.54) is 0 Å². The summed E-state index contributed by atoms with van der Waals surface area (Å²) in [6.07, 6.45) is -0.741. The van der Waals surface area contributed by atoms with E-state index in [4.69, 9.17) is 26.1 Å². The summed E-state index contributed by atoms with van der Waals surface area (Å²) in [5, 5.41) is 21.7. The van der Waals surface area contributed by atoms with Crippen molar-refractivity contribution in [2.45, 2.75) is 50.3 Å². The molecule has 0 radical (unpaired) electrons. The van der Waals surface area contributed by atoms with Crippen molar-refractivity contribution in [1.82, 2.24) is 14.5 Å². The lowest BCUT2D eigenvalue weighted by atomic mass is 10.1. The first kappa shape index (κ1) is 21.9. The van der Waals surface area contributed by atoms with Crippen LogP contribution in [-0.2, 0) is 18.9 Å². The third-order valence-electron chi connectivity index (χ3n) is 5.38. The summed E-state index contributed by atoms with van der Waals surface area (Å²) in [6.45, 7) is 3.60. The summed E-state index contributed by atoms with van der Waals surface area (Å²) in [5.41, 5.74) is 0.464. The van der Waals surface area contributed by atoms with E-state index in [0.29, 0.717) is 11.7 Å². The third-order valence-corrected chi connectivity index (χ3v) is 5.94. The van der Waals surface area contributed by atoms with Gasteiger partial charge < -0.3 is 29.3 Å². The monoisotopic (exact) mass is 462 g/mol. The molecule has 3 N–H and O–H groups in total. The number of anilines is 1. The van der Waals surface area contributed by atoms with Gasteiger partial charge in [-0.2, -0.15) is 9.97 Å². The summed E-state index contributed by atoms with van der Waals surface area (Å²) in [4.78, 5) is 24.7. The van der Waals surface area contributed by atoms with Crippen molar-refractivity contribution in [1.29, 1.82) is 0 Å². The Morgan fingerprint density at radius 1 is 1.37 bits per heavy atom. The molecule has 30 heavy (non-hydrogen) atoms. The third kappa shape index (κ3) is 4.21. The highest BCUT2D eigenvalue weighted by atomic mass is 35.5. The molecule has 0 saturated carbocycles. The van der Waals surface area contributed by atoms with Crippen LogP contribution in [0.3, 0.4) is 0 Å². The van der Waals surface area contributed by atoms with E-state index in [9.17, 15) is 14.8 Å². The number of nitrogens with zero attached hydrogens (tertiary/aromatic N) is 4. The highest BCUT2D eigenvalue weighted by Crippen LogP contribution is 2.39. The van der Waals surface area contributed by atoms with Gasteiger partial charge in [0.15, 0.2) is 6.23 Å². The number of aliphatic hydroxyl groups excluding tert-OH is 2. The van der Waals surface area contributed by atoms with E-state index >= 15 is 0 Å². The first-order valence-corrected chi connectivity index (χ1v) is 12.0. The average Bonchev–Trinajstić information content (AvgIpc) is 3.34. The molecule has 2 aromatic rings. The molecular formula is C17H24ClN4O7P. The number of rotatable bonds is 6. The van der Waals surface area contributed by atoms with Gasteiger partial charge in [0.25, 0.3) is 0 Å². The number of aromatic nitrogens is 3. The van der Waals surface area contributed by atoms with Crippen LogP contribution in [0.1, 0.15) is 26.0 Å². The standard InChI is InChI=1S/C17H24ClN4O7P/c1-9-4-3-6-21(9)14-10-5-7-22(15(10)20-17(18)19-14)16-13(24)12(23)11(28-16)8-27-29-30(2,25)26/h5,7,9,11-13,16,23-24H,3-4,6,8H2,1-2H3,(H,25,26)/t9-,11+,12+,13+,16+/m0/s1. The molecule has 0 spiro atoms. The van der Waals surface area contributed by atoms with Crippen LogP contribution in [0.25, 0.3) is 11.0 Å². The van der Waals surface area contributed by atoms with Crippen LogP contribution in [0, 0.1) is 0 Å². The molecule has 166 valence electrons. The second-order valence-corrected chi connectivity index (χ2v) is 9.76. The highest BCUT2D eigenvalue weighted by Gasteiger charge is 2.44. The maximum absolute atomic E-state index is 11.1. The van der Waals surface area contributed by atoms with Crippen molar-refractivity contribution in [2.75, 3.05) is 24.7 Å². The molecule has 2 aliphatic rings. The molecule has 4 heterocycles. The molecule has 0 aliphatic carbocycles. The zero-order chi connectivity index (χ0) is 21.6. The Hall–Kier alpha value is -1.30. The molecule has 2 saturated heterocycles. The van der Waals surface area contributed by atoms with Gasteiger partial charge in [0.2, 0.25) is 5.28 Å². The summed E-state index contributed by atoms with van der Waals surface area (Å²) >= 11 is 6.19. The lowest BCUT2D eigenvalue weighted by Crippen LogP contribution is -2.33. The van der Waals surface area contributed by atoms with Crippen molar-refractivity contribution >= 4 is 36.0 Å². The molecular weight excluding hydrogens is 439 g/mol. The quantitative estimate of drug-likeness (QED) is 0.250. The van der Waals surface area contributed by atoms with Crippen molar-refractivity contribution in [3.05, 3.63) is 17.5 Å². The fourth-order valence-corrected chi connectivity index (χ4v) is 4.37. The number of halogens is 1. The minimum atomic E-state index is -3.84. The number of fused-ring (bicyclic) bond motifs is 1. The SMILES string of the molecule is C[C@H]1CCCN1c1nc(Cl)nc2c1ccn2[C@@H]1O[C@H](COOP(C)(=O)O)[C@@H](O)[C@H]1O. The summed E-state index contributed by atoms with van der Waals surface area (Å²) in [7, 11) is -3.84. The second-order valence-electron chi connectivity index (χ2n) is 7.67. The van der Waals surface area contributed by atoms with Gasteiger partial charge in [0.05, 0.1) is 5.39 Å². The van der Waals surface area contributed by atoms with E-state index in [0.717, 1.165) is 37.3 Å². The Bertz CT molecular complexity index is 969. The Morgan fingerprint density at radius 3 is 2.80 bits per heavy atom. The minimum absolute atomic E-state index is 0.0690. The predicted molar refractivity (Wildman–Crippen MR) is 107 cm³/mol. The van der Waals surface area contributed by atoms with Gasteiger partial charge >= 0.3 is 7.60 Å². The smallest absolute Gasteiger partial charge is 0.352 e. The summed E-state index contributed by atoms with van der Waals surface area (Å²) < 4.78 is 22.8. The normalized spacial score (nSPS) is 31.5. The van der Waals surface area contributed by atoms with Gasteiger partial charge in [0.1, 0.15) is 36.4 Å². The Kier molecular flexibility index (Phi) is 6.08. The van der Waals surface area contributed by atoms with E-state index in [1.54, 1.807) is 10.8 Å². The molecule has 1 unspecified atom stereocenters. The van der Waals surface area contributed by atoms with E-state index in [2.05, 4.69) is 26.5 Å². The number of hydrogen-bond donors (Lipinski definition) is 3. The molecule has 13 heteroatoms. The van der Waals surface area contributed by atoms with Crippen LogP contribution in [0.4, 0.5) is 5.82 Å². The number of aliphatic hydroxyl groups is 2. The van der Waals surface area contributed by atoms with E-state index < -0.39 is 32.1 Å². The minimum Gasteiger partial charge on any atom is -0.387 e. The van der Waals surface area contributed by atoms with E-state index in [-0.39, 0.29) is 11.9 Å². The van der Waals surface area contributed by atoms with Gasteiger partial charge in [-0.1, -0.05) is 0 Å². The predicted octanol–water partition coefficient (Wildman–Crippen LogP) is 1.46. The fraction of sp³-hybridized carbons (Fsp3) is 0.647. The van der Waals surface area contributed by atoms with Crippen molar-refractivity contribution in [3.63, 3.8) is 0 Å². The van der Waals surface area contributed by atoms with Gasteiger partial charge in [-0.15, -0.1) is 4.67 Å². The van der Waals surface area contributed by atoms with E-state index in [1.807, 2.05) is 6.07 Å². The van der Waals surface area contributed by atoms with Crippen molar-refractivity contribution in [2.24, 2.45) is 0 Å². The number of hydrogen-bond acceptors (Lipinski definition) is 9. The average molecular weight is 463 g/mol. The van der Waals surface area contributed by atoms with Gasteiger partial charge in [0, 0.05) is 25.4 Å². The number of ether oxygens (including phenoxy) is 1. The summed E-state index contributed by atoms with van der Waals surface area (Å²) in [5.74, 6) is 0.719.